The molecule has 0 spiro atoms. The summed E-state index contributed by atoms with van der Waals surface area (Å²) >= 11 is 0. The van der Waals surface area contributed by atoms with Crippen LogP contribution >= 0.6 is 0 Å². The van der Waals surface area contributed by atoms with Gasteiger partial charge in [0.2, 0.25) is 0 Å². The predicted molar refractivity (Wildman–Crippen MR) is 103 cm³/mol. The lowest BCUT2D eigenvalue weighted by Gasteiger charge is -2.45. The molecule has 1 unspecified atom stereocenters. The fourth-order valence-electron chi connectivity index (χ4n) is 3.40. The Bertz CT molecular complexity index is 1010. The molecule has 5 nitrogen and oxygen atoms in total. The maximum Gasteiger partial charge on any atom is 0.271 e. The molecule has 2 aromatic rings. The van der Waals surface area contributed by atoms with Gasteiger partial charge in [0.25, 0.3) is 11.8 Å². The zero-order valence-electron chi connectivity index (χ0n) is 15.9. The van der Waals surface area contributed by atoms with Crippen molar-refractivity contribution in [3.8, 4) is 6.07 Å². The van der Waals surface area contributed by atoms with Gasteiger partial charge in [0, 0.05) is 20.5 Å². The van der Waals surface area contributed by atoms with Crippen LogP contribution in [0.3, 0.4) is 0 Å². The summed E-state index contributed by atoms with van der Waals surface area (Å²) in [5.41, 5.74) is 0.467. The molecule has 28 heavy (non-hydrogen) atoms. The Morgan fingerprint density at radius 2 is 1.82 bits per heavy atom. The molecule has 3 rings (SSSR count). The molecule has 142 valence electrons. The van der Waals surface area contributed by atoms with Crippen molar-refractivity contribution in [1.29, 1.82) is 5.26 Å². The highest BCUT2D eigenvalue weighted by atomic mass is 19.1. The Morgan fingerprint density at radius 3 is 2.46 bits per heavy atom. The molecule has 0 bridgehead atoms. The zero-order valence-corrected chi connectivity index (χ0v) is 15.9. The van der Waals surface area contributed by atoms with Gasteiger partial charge in [0.05, 0.1) is 11.6 Å². The van der Waals surface area contributed by atoms with Gasteiger partial charge < -0.3 is 9.80 Å². The van der Waals surface area contributed by atoms with Gasteiger partial charge in [-0.05, 0) is 42.3 Å². The Hall–Kier alpha value is -3.46. The Kier molecular flexibility index (Phi) is 5.02. The highest BCUT2D eigenvalue weighted by molar-refractivity contribution is 6.08. The van der Waals surface area contributed by atoms with E-state index in [0.29, 0.717) is 6.42 Å². The molecule has 0 radical (unpaired) electrons. The van der Waals surface area contributed by atoms with E-state index < -0.39 is 11.4 Å². The van der Waals surface area contributed by atoms with E-state index in [2.05, 4.69) is 0 Å². The van der Waals surface area contributed by atoms with Crippen molar-refractivity contribution in [3.05, 3.63) is 76.7 Å². The minimum absolute atomic E-state index is 0.0973. The second-order valence-corrected chi connectivity index (χ2v) is 7.04. The molecular formula is C22H20FN3O2. The molecule has 1 atom stereocenters. The van der Waals surface area contributed by atoms with Crippen LogP contribution in [-0.2, 0) is 16.0 Å². The van der Waals surface area contributed by atoms with Crippen molar-refractivity contribution < 1.29 is 14.0 Å². The molecule has 0 aliphatic carbocycles. The van der Waals surface area contributed by atoms with Crippen LogP contribution in [0.2, 0.25) is 0 Å². The van der Waals surface area contributed by atoms with Crippen molar-refractivity contribution >= 4 is 17.9 Å². The molecule has 1 aliphatic heterocycles. The third-order valence-corrected chi connectivity index (χ3v) is 5.21. The molecule has 0 saturated carbocycles. The number of carbonyl (C=O) groups excluding carboxylic acids is 2. The molecule has 6 heteroatoms. The number of rotatable bonds is 3. The van der Waals surface area contributed by atoms with Crippen LogP contribution < -0.4 is 0 Å². The van der Waals surface area contributed by atoms with Crippen LogP contribution in [0.1, 0.15) is 23.6 Å². The van der Waals surface area contributed by atoms with Gasteiger partial charge in [-0.25, -0.2) is 4.39 Å². The van der Waals surface area contributed by atoms with Crippen LogP contribution in [-0.4, -0.2) is 41.2 Å². The maximum absolute atomic E-state index is 13.6. The normalized spacial score (nSPS) is 21.2. The summed E-state index contributed by atoms with van der Waals surface area (Å²) in [7, 11) is 3.11. The first-order valence-corrected chi connectivity index (χ1v) is 8.79. The van der Waals surface area contributed by atoms with E-state index in [4.69, 9.17) is 0 Å². The second-order valence-electron chi connectivity index (χ2n) is 7.04. The number of piperazine rings is 1. The fraction of sp³-hybridized carbons (Fsp3) is 0.227. The number of nitrogens with zero attached hydrogens (tertiary/aromatic N) is 3. The first kappa shape index (κ1) is 19.3. The molecule has 1 heterocycles. The molecule has 1 aliphatic rings. The number of nitriles is 1. The topological polar surface area (TPSA) is 64.4 Å². The van der Waals surface area contributed by atoms with E-state index in [1.807, 2.05) is 36.4 Å². The zero-order chi connectivity index (χ0) is 20.5. The summed E-state index contributed by atoms with van der Waals surface area (Å²) in [6, 6.07) is 15.2. The third kappa shape index (κ3) is 3.27. The van der Waals surface area contributed by atoms with Crippen LogP contribution in [0.4, 0.5) is 4.39 Å². The number of hydrogen-bond acceptors (Lipinski definition) is 3. The first-order valence-electron chi connectivity index (χ1n) is 8.79. The summed E-state index contributed by atoms with van der Waals surface area (Å²) in [6.45, 7) is 1.73. The number of likely N-dealkylation sites (N-methyl/N-ethyl adjacent to an activating group) is 2. The number of carbonyl (C=O) groups is 2. The molecule has 0 N–H and O–H groups in total. The summed E-state index contributed by atoms with van der Waals surface area (Å²) in [6.07, 6.45) is 1.76. The lowest BCUT2D eigenvalue weighted by molar-refractivity contribution is -0.155. The van der Waals surface area contributed by atoms with Crippen LogP contribution in [0.25, 0.3) is 6.08 Å². The van der Waals surface area contributed by atoms with Gasteiger partial charge in [0.1, 0.15) is 17.1 Å². The monoisotopic (exact) mass is 377 g/mol. The van der Waals surface area contributed by atoms with Crippen LogP contribution in [0.5, 0.6) is 0 Å². The fourth-order valence-corrected chi connectivity index (χ4v) is 3.40. The quantitative estimate of drug-likeness (QED) is 0.773. The Morgan fingerprint density at radius 1 is 1.14 bits per heavy atom. The lowest BCUT2D eigenvalue weighted by Crippen LogP contribution is -2.64. The second kappa shape index (κ2) is 7.28. The van der Waals surface area contributed by atoms with E-state index in [-0.39, 0.29) is 28.6 Å². The van der Waals surface area contributed by atoms with Crippen molar-refractivity contribution in [3.63, 3.8) is 0 Å². The molecule has 2 aromatic carbocycles. The predicted octanol–water partition coefficient (Wildman–Crippen LogP) is 2.97. The van der Waals surface area contributed by atoms with E-state index in [0.717, 1.165) is 5.56 Å². The van der Waals surface area contributed by atoms with Gasteiger partial charge in [0.15, 0.2) is 0 Å². The average Bonchev–Trinajstić information content (AvgIpc) is 2.69. The summed E-state index contributed by atoms with van der Waals surface area (Å²) in [5.74, 6) is -1.14. The van der Waals surface area contributed by atoms with Crippen molar-refractivity contribution in [2.75, 3.05) is 14.1 Å². The SMILES string of the molecule is CN1C(=O)C(C)(Cc2ccccc2)N(C)C(=O)/C1=C/c1cc(F)ccc1C#N. The number of halogens is 1. The molecule has 1 saturated heterocycles. The molecule has 1 fully saturated rings. The Balaban J connectivity index is 2.02. The average molecular weight is 377 g/mol. The van der Waals surface area contributed by atoms with Gasteiger partial charge in [-0.15, -0.1) is 0 Å². The number of benzene rings is 2. The van der Waals surface area contributed by atoms with E-state index in [1.54, 1.807) is 14.0 Å². The molecule has 0 aromatic heterocycles. The van der Waals surface area contributed by atoms with Gasteiger partial charge in [-0.3, -0.25) is 9.59 Å². The van der Waals surface area contributed by atoms with E-state index in [9.17, 15) is 19.2 Å². The standard InChI is InChI=1S/C22H20FN3O2/c1-22(13-15-7-5-4-6-8-15)21(28)25(2)19(20(27)26(22)3)12-17-11-18(23)10-9-16(17)14-24/h4-12H,13H2,1-3H3/b19-12-. The van der Waals surface area contributed by atoms with Crippen molar-refractivity contribution in [2.24, 2.45) is 0 Å². The van der Waals surface area contributed by atoms with Crippen molar-refractivity contribution in [2.45, 2.75) is 18.9 Å². The van der Waals surface area contributed by atoms with Crippen LogP contribution in [0.15, 0.2) is 54.2 Å². The molecule has 2 amide bonds. The lowest BCUT2D eigenvalue weighted by atomic mass is 9.87. The van der Waals surface area contributed by atoms with E-state index >= 15 is 0 Å². The summed E-state index contributed by atoms with van der Waals surface area (Å²) in [5, 5.41) is 9.24. The van der Waals surface area contributed by atoms with Gasteiger partial charge >= 0.3 is 0 Å². The summed E-state index contributed by atoms with van der Waals surface area (Å²) < 4.78 is 13.6. The Labute approximate surface area is 163 Å². The minimum atomic E-state index is -1.05. The number of hydrogen-bond donors (Lipinski definition) is 0. The largest absolute Gasteiger partial charge is 0.326 e. The third-order valence-electron chi connectivity index (χ3n) is 5.21. The number of amides is 2. The minimum Gasteiger partial charge on any atom is -0.326 e. The van der Waals surface area contributed by atoms with Gasteiger partial charge in [-0.1, -0.05) is 30.3 Å². The highest BCUT2D eigenvalue weighted by Gasteiger charge is 2.48. The smallest absolute Gasteiger partial charge is 0.271 e. The van der Waals surface area contributed by atoms with Crippen molar-refractivity contribution in [1.82, 2.24) is 9.80 Å². The summed E-state index contributed by atoms with van der Waals surface area (Å²) in [4.78, 5) is 28.9. The molecular weight excluding hydrogens is 357 g/mol. The highest BCUT2D eigenvalue weighted by Crippen LogP contribution is 2.31. The van der Waals surface area contributed by atoms with Crippen LogP contribution in [0, 0.1) is 17.1 Å². The first-order chi connectivity index (χ1) is 13.3. The van der Waals surface area contributed by atoms with E-state index in [1.165, 1.54) is 41.1 Å². The van der Waals surface area contributed by atoms with Gasteiger partial charge in [-0.2, -0.15) is 5.26 Å². The maximum atomic E-state index is 13.6.